The molecule has 0 spiro atoms. The maximum atomic E-state index is 10.4. The van der Waals surface area contributed by atoms with E-state index in [1.54, 1.807) is 0 Å². The van der Waals surface area contributed by atoms with Gasteiger partial charge in [0.05, 0.1) is 21.6 Å². The molecule has 2 nitrogen and oxygen atoms in total. The minimum absolute atomic E-state index is 0.129. The van der Waals surface area contributed by atoms with E-state index in [-0.39, 0.29) is 15.4 Å². The molecule has 5 rings (SSSR count). The average molecular weight is 401 g/mol. The zero-order valence-corrected chi connectivity index (χ0v) is 18.0. The monoisotopic (exact) mass is 400 g/mol. The Kier molecular flexibility index (Phi) is 3.50. The van der Waals surface area contributed by atoms with Crippen molar-refractivity contribution < 1.29 is 0 Å². The summed E-state index contributed by atoms with van der Waals surface area (Å²) in [7, 11) is 0. The molecule has 0 bridgehead atoms. The van der Waals surface area contributed by atoms with Crippen LogP contribution in [0.15, 0.2) is 80.2 Å². The van der Waals surface area contributed by atoms with Gasteiger partial charge < -0.3 is 0 Å². The lowest BCUT2D eigenvalue weighted by molar-refractivity contribution is 0.534. The van der Waals surface area contributed by atoms with Gasteiger partial charge in [-0.05, 0) is 77.5 Å². The average Bonchev–Trinajstić information content (AvgIpc) is 3.14. The minimum Gasteiger partial charge on any atom is -0.196 e. The summed E-state index contributed by atoms with van der Waals surface area (Å²) in [5, 5.41) is 20.7. The van der Waals surface area contributed by atoms with Crippen LogP contribution in [0.5, 0.6) is 0 Å². The van der Waals surface area contributed by atoms with Crippen molar-refractivity contribution in [3.8, 4) is 12.1 Å². The molecule has 5 aliphatic rings. The molecule has 0 aromatic heterocycles. The third kappa shape index (κ3) is 1.82. The van der Waals surface area contributed by atoms with Crippen molar-refractivity contribution in [1.82, 2.24) is 0 Å². The molecule has 3 aliphatic carbocycles. The fraction of sp³-hybridized carbons (Fsp3) is 0.333. The number of allylic oxidation sites excluding steroid dienone is 12. The van der Waals surface area contributed by atoms with Crippen LogP contribution in [-0.2, 0) is 0 Å². The van der Waals surface area contributed by atoms with E-state index in [9.17, 15) is 10.5 Å². The first-order valence-electron chi connectivity index (χ1n) is 9.45. The van der Waals surface area contributed by atoms with E-state index in [2.05, 4.69) is 58.1 Å². The maximum absolute atomic E-state index is 10.4. The lowest BCUT2D eigenvalue weighted by atomic mass is 9.67. The SMILES string of the molecule is CC1=CC2=C3C4=CC=CC=CC4C(C#N)(C#N)C3=C3C=C(C)S[C@@]3(C)[C@]2(C)S1. The van der Waals surface area contributed by atoms with E-state index >= 15 is 0 Å². The van der Waals surface area contributed by atoms with Gasteiger partial charge in [-0.2, -0.15) is 10.5 Å². The van der Waals surface area contributed by atoms with Crippen LogP contribution in [0, 0.1) is 34.0 Å². The zero-order valence-electron chi connectivity index (χ0n) is 16.3. The number of hydrogen-bond acceptors (Lipinski definition) is 4. The molecule has 28 heavy (non-hydrogen) atoms. The van der Waals surface area contributed by atoms with E-state index in [1.807, 2.05) is 47.8 Å². The van der Waals surface area contributed by atoms with Gasteiger partial charge >= 0.3 is 0 Å². The van der Waals surface area contributed by atoms with Crippen molar-refractivity contribution in [2.75, 3.05) is 0 Å². The number of nitrogens with zero attached hydrogens (tertiary/aromatic N) is 2. The van der Waals surface area contributed by atoms with Crippen molar-refractivity contribution in [2.24, 2.45) is 11.3 Å². The van der Waals surface area contributed by atoms with Crippen LogP contribution in [0.2, 0.25) is 0 Å². The summed E-state index contributed by atoms with van der Waals surface area (Å²) in [4.78, 5) is 2.54. The molecule has 138 valence electrons. The molecular formula is C24H20N2S2. The van der Waals surface area contributed by atoms with Crippen LogP contribution >= 0.6 is 23.5 Å². The smallest absolute Gasteiger partial charge is 0.179 e. The van der Waals surface area contributed by atoms with Gasteiger partial charge in [-0.1, -0.05) is 30.4 Å². The Morgan fingerprint density at radius 1 is 0.893 bits per heavy atom. The highest BCUT2D eigenvalue weighted by Crippen LogP contribution is 2.71. The summed E-state index contributed by atoms with van der Waals surface area (Å²) < 4.78 is -0.330. The first-order chi connectivity index (χ1) is 13.3. The quantitative estimate of drug-likeness (QED) is 0.491. The standard InChI is InChI=1S/C24H20N2S2/c1-14-10-18-20-16-8-6-5-7-9-17(16)24(12-25,13-26)21(20)19-11-15(2)28-23(19,4)22(18,3)27-14/h5-11,17H,1-4H3/t17?,22-,23-/m1/s1. The lowest BCUT2D eigenvalue weighted by Crippen LogP contribution is -2.48. The van der Waals surface area contributed by atoms with Crippen LogP contribution in [0.1, 0.15) is 27.7 Å². The Hall–Kier alpha value is -2.14. The second-order valence-corrected chi connectivity index (χ2v) is 11.6. The van der Waals surface area contributed by atoms with E-state index in [1.165, 1.54) is 21.0 Å². The molecular weight excluding hydrogens is 380 g/mol. The highest BCUT2D eigenvalue weighted by Gasteiger charge is 2.65. The number of rotatable bonds is 0. The van der Waals surface area contributed by atoms with E-state index < -0.39 is 5.41 Å². The Morgan fingerprint density at radius 3 is 2.14 bits per heavy atom. The third-order valence-corrected chi connectivity index (χ3v) is 9.87. The molecule has 1 fully saturated rings. The molecule has 1 unspecified atom stereocenters. The molecule has 4 heteroatoms. The molecule has 2 aliphatic heterocycles. The minimum atomic E-state index is -1.19. The van der Waals surface area contributed by atoms with Gasteiger partial charge in [0.2, 0.25) is 0 Å². The summed E-state index contributed by atoms with van der Waals surface area (Å²) in [5.41, 5.74) is 4.44. The zero-order chi connectivity index (χ0) is 19.9. The Bertz CT molecular complexity index is 1130. The Labute approximate surface area is 174 Å². The largest absolute Gasteiger partial charge is 0.196 e. The van der Waals surface area contributed by atoms with Gasteiger partial charge in [-0.25, -0.2) is 0 Å². The van der Waals surface area contributed by atoms with Gasteiger partial charge in [0.15, 0.2) is 5.41 Å². The maximum Gasteiger partial charge on any atom is 0.179 e. The van der Waals surface area contributed by atoms with E-state index in [0.29, 0.717) is 0 Å². The molecule has 0 aromatic carbocycles. The fourth-order valence-electron chi connectivity index (χ4n) is 5.46. The van der Waals surface area contributed by atoms with Crippen LogP contribution in [-0.4, -0.2) is 9.49 Å². The number of nitriles is 2. The summed E-state index contributed by atoms with van der Waals surface area (Å²) in [5.74, 6) is -0.243. The summed E-state index contributed by atoms with van der Waals surface area (Å²) in [6, 6.07) is 4.93. The number of hydrogen-bond donors (Lipinski definition) is 0. The summed E-state index contributed by atoms with van der Waals surface area (Å²) >= 11 is 3.81. The lowest BCUT2D eigenvalue weighted by Gasteiger charge is -2.47. The molecule has 3 atom stereocenters. The van der Waals surface area contributed by atoms with E-state index in [0.717, 1.165) is 16.7 Å². The molecule has 0 saturated heterocycles. The Morgan fingerprint density at radius 2 is 1.50 bits per heavy atom. The second kappa shape index (κ2) is 5.47. The second-order valence-electron chi connectivity index (χ2n) is 8.26. The number of thioether (sulfide) groups is 2. The number of fused-ring (bicyclic) bond motifs is 6. The van der Waals surface area contributed by atoms with Crippen LogP contribution < -0.4 is 0 Å². The van der Waals surface area contributed by atoms with Gasteiger partial charge in [-0.15, -0.1) is 23.5 Å². The molecule has 2 heterocycles. The normalized spacial score (nSPS) is 36.5. The predicted molar refractivity (Wildman–Crippen MR) is 117 cm³/mol. The van der Waals surface area contributed by atoms with Gasteiger partial charge in [0.25, 0.3) is 0 Å². The fourth-order valence-corrected chi connectivity index (χ4v) is 8.50. The van der Waals surface area contributed by atoms with Crippen LogP contribution in [0.3, 0.4) is 0 Å². The molecule has 0 amide bonds. The predicted octanol–water partition coefficient (Wildman–Crippen LogP) is 6.13. The van der Waals surface area contributed by atoms with Crippen LogP contribution in [0.25, 0.3) is 0 Å². The Balaban J connectivity index is 1.99. The summed E-state index contributed by atoms with van der Waals surface area (Å²) in [6.07, 6.45) is 14.6. The topological polar surface area (TPSA) is 47.6 Å². The van der Waals surface area contributed by atoms with Gasteiger partial charge in [0, 0.05) is 5.92 Å². The molecule has 0 aromatic rings. The van der Waals surface area contributed by atoms with Crippen molar-refractivity contribution in [2.45, 2.75) is 37.2 Å². The molecule has 0 N–H and O–H groups in total. The third-order valence-electron chi connectivity index (χ3n) is 6.79. The van der Waals surface area contributed by atoms with Gasteiger partial charge in [0.1, 0.15) is 0 Å². The summed E-state index contributed by atoms with van der Waals surface area (Å²) in [6.45, 7) is 8.93. The van der Waals surface area contributed by atoms with Crippen LogP contribution in [0.4, 0.5) is 0 Å². The molecule has 1 saturated carbocycles. The van der Waals surface area contributed by atoms with E-state index in [4.69, 9.17) is 0 Å². The van der Waals surface area contributed by atoms with Crippen molar-refractivity contribution in [1.29, 1.82) is 10.5 Å². The molecule has 0 radical (unpaired) electrons. The first kappa shape index (κ1) is 17.9. The van der Waals surface area contributed by atoms with Crippen molar-refractivity contribution >= 4 is 23.5 Å². The van der Waals surface area contributed by atoms with Crippen molar-refractivity contribution in [3.63, 3.8) is 0 Å². The highest BCUT2D eigenvalue weighted by atomic mass is 32.2. The van der Waals surface area contributed by atoms with Gasteiger partial charge in [-0.3, -0.25) is 0 Å². The first-order valence-corrected chi connectivity index (χ1v) is 11.1. The van der Waals surface area contributed by atoms with Crippen molar-refractivity contribution in [3.05, 3.63) is 80.2 Å². The highest BCUT2D eigenvalue weighted by molar-refractivity contribution is 8.09.